The van der Waals surface area contributed by atoms with Crippen molar-refractivity contribution < 1.29 is 9.53 Å². The molecule has 1 saturated heterocycles. The summed E-state index contributed by atoms with van der Waals surface area (Å²) in [7, 11) is 0. The number of likely N-dealkylation sites (tertiary alicyclic amines) is 1. The highest BCUT2D eigenvalue weighted by atomic mass is 16.6. The van der Waals surface area contributed by atoms with Gasteiger partial charge in [-0.25, -0.2) is 14.8 Å². The lowest BCUT2D eigenvalue weighted by Gasteiger charge is -2.31. The van der Waals surface area contributed by atoms with E-state index in [9.17, 15) is 4.79 Å². The molecule has 9 nitrogen and oxygen atoms in total. The van der Waals surface area contributed by atoms with Gasteiger partial charge < -0.3 is 20.7 Å². The number of ether oxygens (including phenoxy) is 1. The molecule has 0 aliphatic carbocycles. The molecule has 0 unspecified atom stereocenters. The first-order valence-electron chi connectivity index (χ1n) is 9.51. The van der Waals surface area contributed by atoms with Crippen LogP contribution in [-0.4, -0.2) is 57.9 Å². The van der Waals surface area contributed by atoms with E-state index < -0.39 is 0 Å². The van der Waals surface area contributed by atoms with E-state index in [2.05, 4.69) is 25.5 Å². The number of carbonyl (C=O) groups is 1. The highest BCUT2D eigenvalue weighted by Gasteiger charge is 2.23. The Bertz CT molecular complexity index is 825. The summed E-state index contributed by atoms with van der Waals surface area (Å²) in [6.07, 6.45) is 1.38. The van der Waals surface area contributed by atoms with Gasteiger partial charge in [-0.3, -0.25) is 5.10 Å². The first-order chi connectivity index (χ1) is 13.5. The van der Waals surface area contributed by atoms with Crippen molar-refractivity contribution in [3.05, 3.63) is 35.7 Å². The monoisotopic (exact) mass is 385 g/mol. The molecule has 0 radical (unpaired) electrons. The molecule has 1 aromatic carbocycles. The molecule has 1 fully saturated rings. The summed E-state index contributed by atoms with van der Waals surface area (Å²) < 4.78 is 5.04. The number of aryl methyl sites for hydroxylation is 1. The van der Waals surface area contributed by atoms with E-state index in [1.165, 1.54) is 0 Å². The molecule has 0 atom stereocenters. The number of nitrogens with two attached hydrogens (primary N) is 1. The molecule has 9 heteroatoms. The van der Waals surface area contributed by atoms with Crippen LogP contribution >= 0.6 is 0 Å². The number of H-pyrrole nitrogens is 1. The zero-order valence-corrected chi connectivity index (χ0v) is 16.3. The first kappa shape index (κ1) is 19.7. The standard InChI is InChI=1S/C19H27N7O2/c1-3-28-19(27)26-9-7-16(8-10-26)23-18(20)21-12-14-5-4-6-15(11-14)17-22-13(2)24-25-17/h4-6,11,16H,3,7-10,12H2,1-2H3,(H3,20,21,23)(H,22,24,25). The third-order valence-electron chi connectivity index (χ3n) is 4.59. The molecule has 1 aliphatic heterocycles. The molecular formula is C19H27N7O2. The van der Waals surface area contributed by atoms with Gasteiger partial charge in [0.1, 0.15) is 5.82 Å². The quantitative estimate of drug-likeness (QED) is 0.533. The smallest absolute Gasteiger partial charge is 0.409 e. The maximum Gasteiger partial charge on any atom is 0.409 e. The van der Waals surface area contributed by atoms with E-state index >= 15 is 0 Å². The molecule has 1 aliphatic rings. The van der Waals surface area contributed by atoms with Crippen molar-refractivity contribution in [1.29, 1.82) is 0 Å². The van der Waals surface area contributed by atoms with Crippen LogP contribution in [0.25, 0.3) is 11.4 Å². The number of benzene rings is 1. The van der Waals surface area contributed by atoms with Crippen molar-refractivity contribution in [3.63, 3.8) is 0 Å². The number of rotatable bonds is 5. The number of aromatic amines is 1. The van der Waals surface area contributed by atoms with E-state index in [1.54, 1.807) is 4.90 Å². The third kappa shape index (κ3) is 5.21. The third-order valence-corrected chi connectivity index (χ3v) is 4.59. The Morgan fingerprint density at radius 1 is 1.43 bits per heavy atom. The second-order valence-electron chi connectivity index (χ2n) is 6.75. The van der Waals surface area contributed by atoms with Crippen LogP contribution in [0.5, 0.6) is 0 Å². The van der Waals surface area contributed by atoms with Crippen molar-refractivity contribution in [2.75, 3.05) is 19.7 Å². The van der Waals surface area contributed by atoms with Gasteiger partial charge in [-0.1, -0.05) is 18.2 Å². The van der Waals surface area contributed by atoms with Gasteiger partial charge in [-0.2, -0.15) is 5.10 Å². The van der Waals surface area contributed by atoms with Crippen LogP contribution in [0.3, 0.4) is 0 Å². The molecule has 2 aromatic rings. The summed E-state index contributed by atoms with van der Waals surface area (Å²) in [5.74, 6) is 1.86. The minimum Gasteiger partial charge on any atom is -0.450 e. The maximum atomic E-state index is 11.7. The topological polar surface area (TPSA) is 122 Å². The van der Waals surface area contributed by atoms with Crippen LogP contribution in [0.2, 0.25) is 0 Å². The van der Waals surface area contributed by atoms with E-state index in [-0.39, 0.29) is 12.1 Å². The average Bonchev–Trinajstić information content (AvgIpc) is 3.14. The number of nitrogens with zero attached hydrogens (tertiary/aromatic N) is 4. The summed E-state index contributed by atoms with van der Waals surface area (Å²) in [5, 5.41) is 10.3. The number of aromatic nitrogens is 3. The van der Waals surface area contributed by atoms with Gasteiger partial charge in [0.25, 0.3) is 0 Å². The van der Waals surface area contributed by atoms with Gasteiger partial charge in [-0.05, 0) is 38.3 Å². The molecule has 0 saturated carbocycles. The fraction of sp³-hybridized carbons (Fsp3) is 0.474. The Kier molecular flexibility index (Phi) is 6.46. The maximum absolute atomic E-state index is 11.7. The van der Waals surface area contributed by atoms with Crippen molar-refractivity contribution in [2.45, 2.75) is 39.3 Å². The van der Waals surface area contributed by atoms with Crippen LogP contribution in [0.1, 0.15) is 31.2 Å². The Hall–Kier alpha value is -3.10. The summed E-state index contributed by atoms with van der Waals surface area (Å²) in [4.78, 5) is 22.3. The van der Waals surface area contributed by atoms with E-state index in [0.717, 1.165) is 29.8 Å². The number of amides is 1. The average molecular weight is 385 g/mol. The van der Waals surface area contributed by atoms with Gasteiger partial charge in [0.15, 0.2) is 11.8 Å². The number of piperidine rings is 1. The molecule has 0 bridgehead atoms. The lowest BCUT2D eigenvalue weighted by molar-refractivity contribution is 0.0963. The SMILES string of the molecule is CCOC(=O)N1CCC(NC(N)=NCc2cccc(-c3n[nH]c(C)n3)c2)CC1. The largest absolute Gasteiger partial charge is 0.450 e. The van der Waals surface area contributed by atoms with Gasteiger partial charge >= 0.3 is 6.09 Å². The summed E-state index contributed by atoms with van der Waals surface area (Å²) in [6.45, 7) is 5.86. The van der Waals surface area contributed by atoms with Gasteiger partial charge in [-0.15, -0.1) is 0 Å². The highest BCUT2D eigenvalue weighted by Crippen LogP contribution is 2.17. The van der Waals surface area contributed by atoms with E-state index in [0.29, 0.717) is 38.0 Å². The normalized spacial score (nSPS) is 15.5. The van der Waals surface area contributed by atoms with Crippen molar-refractivity contribution in [1.82, 2.24) is 25.4 Å². The summed E-state index contributed by atoms with van der Waals surface area (Å²) in [5.41, 5.74) is 8.02. The molecule has 3 rings (SSSR count). The minimum atomic E-state index is -0.246. The highest BCUT2D eigenvalue weighted by molar-refractivity contribution is 5.78. The summed E-state index contributed by atoms with van der Waals surface area (Å²) in [6, 6.07) is 8.14. The minimum absolute atomic E-state index is 0.206. The number of hydrogen-bond donors (Lipinski definition) is 3. The summed E-state index contributed by atoms with van der Waals surface area (Å²) >= 11 is 0. The lowest BCUT2D eigenvalue weighted by Crippen LogP contribution is -2.48. The molecule has 1 amide bonds. The van der Waals surface area contributed by atoms with Gasteiger partial charge in [0.2, 0.25) is 0 Å². The van der Waals surface area contributed by atoms with Crippen LogP contribution in [0.15, 0.2) is 29.3 Å². The number of aliphatic imine (C=N–C) groups is 1. The van der Waals surface area contributed by atoms with E-state index in [4.69, 9.17) is 10.5 Å². The van der Waals surface area contributed by atoms with Crippen molar-refractivity contribution >= 4 is 12.1 Å². The van der Waals surface area contributed by atoms with Crippen molar-refractivity contribution in [2.24, 2.45) is 10.7 Å². The van der Waals surface area contributed by atoms with Crippen molar-refractivity contribution in [3.8, 4) is 11.4 Å². The van der Waals surface area contributed by atoms with Crippen LogP contribution < -0.4 is 11.1 Å². The predicted molar refractivity (Wildman–Crippen MR) is 107 cm³/mol. The Morgan fingerprint density at radius 2 is 2.21 bits per heavy atom. The number of guanidine groups is 1. The van der Waals surface area contributed by atoms with Gasteiger partial charge in [0, 0.05) is 24.7 Å². The Morgan fingerprint density at radius 3 is 2.89 bits per heavy atom. The van der Waals surface area contributed by atoms with Crippen LogP contribution in [-0.2, 0) is 11.3 Å². The molecule has 28 heavy (non-hydrogen) atoms. The van der Waals surface area contributed by atoms with Gasteiger partial charge in [0.05, 0.1) is 13.2 Å². The molecule has 4 N–H and O–H groups in total. The van der Waals surface area contributed by atoms with Crippen LogP contribution in [0, 0.1) is 6.92 Å². The lowest BCUT2D eigenvalue weighted by atomic mass is 10.1. The zero-order chi connectivity index (χ0) is 19.9. The fourth-order valence-electron chi connectivity index (χ4n) is 3.13. The molecule has 2 heterocycles. The molecule has 1 aromatic heterocycles. The number of carbonyl (C=O) groups excluding carboxylic acids is 1. The Balaban J connectivity index is 1.51. The zero-order valence-electron chi connectivity index (χ0n) is 16.3. The number of nitrogens with one attached hydrogen (secondary N) is 2. The van der Waals surface area contributed by atoms with E-state index in [1.807, 2.05) is 38.1 Å². The fourth-order valence-corrected chi connectivity index (χ4v) is 3.13. The second-order valence-corrected chi connectivity index (χ2v) is 6.75. The predicted octanol–water partition coefficient (Wildman–Crippen LogP) is 1.81. The molecule has 150 valence electrons. The van der Waals surface area contributed by atoms with Crippen LogP contribution in [0.4, 0.5) is 4.79 Å². The Labute approximate surface area is 164 Å². The molecular weight excluding hydrogens is 358 g/mol. The molecule has 0 spiro atoms. The second kappa shape index (κ2) is 9.20. The first-order valence-corrected chi connectivity index (χ1v) is 9.51. The number of hydrogen-bond acceptors (Lipinski definition) is 5.